The van der Waals surface area contributed by atoms with Gasteiger partial charge in [0.05, 0.1) is 19.9 Å². The molecule has 0 N–H and O–H groups in total. The summed E-state index contributed by atoms with van der Waals surface area (Å²) >= 11 is 8.29. The molecule has 3 rings (SSSR count). The average Bonchev–Trinajstić information content (AvgIpc) is 3.07. The van der Waals surface area contributed by atoms with Gasteiger partial charge in [0.1, 0.15) is 11.3 Å². The van der Waals surface area contributed by atoms with Crippen molar-refractivity contribution in [1.29, 1.82) is 0 Å². The van der Waals surface area contributed by atoms with E-state index in [-0.39, 0.29) is 17.0 Å². The molecule has 0 saturated carbocycles. The lowest BCUT2D eigenvalue weighted by atomic mass is 10.1. The Kier molecular flexibility index (Phi) is 5.81. The molecule has 27 heavy (non-hydrogen) atoms. The zero-order chi connectivity index (χ0) is 19.6. The molecular formula is C19H14ClIN2O4. The average molecular weight is 497 g/mol. The van der Waals surface area contributed by atoms with Gasteiger partial charge < -0.3 is 9.47 Å². The van der Waals surface area contributed by atoms with E-state index in [2.05, 4.69) is 27.7 Å². The summed E-state index contributed by atoms with van der Waals surface area (Å²) in [5.74, 6) is -1.39. The summed E-state index contributed by atoms with van der Waals surface area (Å²) in [7, 11) is 2.49. The third-order valence-corrected chi connectivity index (χ3v) is 4.63. The summed E-state index contributed by atoms with van der Waals surface area (Å²) in [4.78, 5) is 25.1. The molecule has 3 aromatic rings. The van der Waals surface area contributed by atoms with E-state index < -0.39 is 11.9 Å². The number of halogens is 2. The molecule has 0 spiro atoms. The molecule has 138 valence electrons. The molecule has 1 heterocycles. The Morgan fingerprint density at radius 1 is 1.04 bits per heavy atom. The van der Waals surface area contributed by atoms with E-state index >= 15 is 0 Å². The molecule has 0 saturated heterocycles. The van der Waals surface area contributed by atoms with Gasteiger partial charge in [-0.2, -0.15) is 5.10 Å². The van der Waals surface area contributed by atoms with Crippen LogP contribution in [-0.2, 0) is 9.47 Å². The largest absolute Gasteiger partial charge is 0.465 e. The Hall–Kier alpha value is -2.39. The summed E-state index contributed by atoms with van der Waals surface area (Å²) in [6.45, 7) is 0. The summed E-state index contributed by atoms with van der Waals surface area (Å²) in [5, 5.41) is 5.01. The van der Waals surface area contributed by atoms with Crippen molar-refractivity contribution in [2.24, 2.45) is 0 Å². The quantitative estimate of drug-likeness (QED) is 0.396. The van der Waals surface area contributed by atoms with Gasteiger partial charge in [0, 0.05) is 14.2 Å². The third-order valence-electron chi connectivity index (χ3n) is 3.79. The van der Waals surface area contributed by atoms with Gasteiger partial charge in [-0.3, -0.25) is 0 Å². The van der Waals surface area contributed by atoms with E-state index in [1.165, 1.54) is 18.9 Å². The monoisotopic (exact) mass is 496 g/mol. The van der Waals surface area contributed by atoms with Gasteiger partial charge in [0.25, 0.3) is 0 Å². The standard InChI is InChI=1S/C19H14ClIN2O4/c1-26-18(24)15-16(11-8-12(20)10-13(21)9-11)22-23(17(15)19(25)27-2)14-6-4-3-5-7-14/h3-10H,1-2H3. The normalized spacial score (nSPS) is 10.5. The van der Waals surface area contributed by atoms with Gasteiger partial charge in [-0.05, 0) is 52.9 Å². The lowest BCUT2D eigenvalue weighted by Gasteiger charge is -2.07. The molecule has 2 aromatic carbocycles. The maximum atomic E-state index is 12.5. The molecule has 0 unspecified atom stereocenters. The van der Waals surface area contributed by atoms with Crippen molar-refractivity contribution in [1.82, 2.24) is 9.78 Å². The highest BCUT2D eigenvalue weighted by molar-refractivity contribution is 14.1. The molecule has 8 heteroatoms. The van der Waals surface area contributed by atoms with Crippen molar-refractivity contribution in [3.05, 3.63) is 68.4 Å². The lowest BCUT2D eigenvalue weighted by molar-refractivity contribution is 0.0549. The minimum atomic E-state index is -0.699. The fourth-order valence-electron chi connectivity index (χ4n) is 2.65. The first-order chi connectivity index (χ1) is 13.0. The Morgan fingerprint density at radius 3 is 2.30 bits per heavy atom. The topological polar surface area (TPSA) is 70.4 Å². The minimum absolute atomic E-state index is 0.0134. The van der Waals surface area contributed by atoms with Gasteiger partial charge in [0.15, 0.2) is 5.69 Å². The first kappa shape index (κ1) is 19.4. The van der Waals surface area contributed by atoms with E-state index in [4.69, 9.17) is 21.1 Å². The van der Waals surface area contributed by atoms with Crippen molar-refractivity contribution < 1.29 is 19.1 Å². The van der Waals surface area contributed by atoms with Crippen LogP contribution < -0.4 is 0 Å². The molecular weight excluding hydrogens is 483 g/mol. The Bertz CT molecular complexity index is 998. The van der Waals surface area contributed by atoms with Crippen LogP contribution in [0.15, 0.2) is 48.5 Å². The van der Waals surface area contributed by atoms with Gasteiger partial charge in [-0.25, -0.2) is 14.3 Å². The van der Waals surface area contributed by atoms with E-state index in [0.29, 0.717) is 16.3 Å². The van der Waals surface area contributed by atoms with Crippen molar-refractivity contribution in [3.63, 3.8) is 0 Å². The molecule has 0 bridgehead atoms. The number of rotatable bonds is 4. The number of hydrogen-bond donors (Lipinski definition) is 0. The van der Waals surface area contributed by atoms with E-state index in [9.17, 15) is 9.59 Å². The van der Waals surface area contributed by atoms with Crippen LogP contribution in [-0.4, -0.2) is 35.9 Å². The predicted molar refractivity (Wildman–Crippen MR) is 109 cm³/mol. The molecule has 1 aromatic heterocycles. The number of esters is 2. The smallest absolute Gasteiger partial charge is 0.357 e. The van der Waals surface area contributed by atoms with Gasteiger partial charge >= 0.3 is 11.9 Å². The molecule has 0 fully saturated rings. The van der Waals surface area contributed by atoms with Crippen LogP contribution in [0.1, 0.15) is 20.8 Å². The number of methoxy groups -OCH3 is 2. The van der Waals surface area contributed by atoms with Crippen LogP contribution in [0.5, 0.6) is 0 Å². The molecule has 0 radical (unpaired) electrons. The van der Waals surface area contributed by atoms with Crippen molar-refractivity contribution in [2.45, 2.75) is 0 Å². The Morgan fingerprint density at radius 2 is 1.70 bits per heavy atom. The molecule has 0 aliphatic rings. The first-order valence-electron chi connectivity index (χ1n) is 7.77. The lowest BCUT2D eigenvalue weighted by Crippen LogP contribution is -2.15. The first-order valence-corrected chi connectivity index (χ1v) is 9.23. The SMILES string of the molecule is COC(=O)c1c(-c2cc(Cl)cc(I)c2)nn(-c2ccccc2)c1C(=O)OC. The second-order valence-electron chi connectivity index (χ2n) is 5.46. The van der Waals surface area contributed by atoms with Crippen molar-refractivity contribution >= 4 is 46.1 Å². The summed E-state index contributed by atoms with van der Waals surface area (Å²) in [6.07, 6.45) is 0. The van der Waals surface area contributed by atoms with Crippen molar-refractivity contribution in [2.75, 3.05) is 14.2 Å². The summed E-state index contributed by atoms with van der Waals surface area (Å²) in [6, 6.07) is 14.3. The fraction of sp³-hybridized carbons (Fsp3) is 0.105. The zero-order valence-corrected chi connectivity index (χ0v) is 17.3. The molecule has 0 amide bonds. The Balaban J connectivity index is 2.38. The highest BCUT2D eigenvalue weighted by Crippen LogP contribution is 2.31. The highest BCUT2D eigenvalue weighted by Gasteiger charge is 2.31. The number of carbonyl (C=O) groups is 2. The maximum absolute atomic E-state index is 12.5. The summed E-state index contributed by atoms with van der Waals surface area (Å²) < 4.78 is 12.0. The van der Waals surface area contributed by atoms with Crippen LogP contribution in [0.3, 0.4) is 0 Å². The number of para-hydroxylation sites is 1. The number of ether oxygens (including phenoxy) is 2. The van der Waals surface area contributed by atoms with Crippen LogP contribution in [0.25, 0.3) is 16.9 Å². The van der Waals surface area contributed by atoms with Crippen LogP contribution in [0.4, 0.5) is 0 Å². The van der Waals surface area contributed by atoms with Gasteiger partial charge in [-0.1, -0.05) is 29.8 Å². The second-order valence-corrected chi connectivity index (χ2v) is 7.14. The molecule has 0 aliphatic carbocycles. The number of aromatic nitrogens is 2. The highest BCUT2D eigenvalue weighted by atomic mass is 127. The number of carbonyl (C=O) groups excluding carboxylic acids is 2. The number of benzene rings is 2. The van der Waals surface area contributed by atoms with E-state index in [0.717, 1.165) is 3.57 Å². The van der Waals surface area contributed by atoms with Gasteiger partial charge in [-0.15, -0.1) is 0 Å². The maximum Gasteiger partial charge on any atom is 0.357 e. The third kappa shape index (κ3) is 3.84. The number of nitrogens with zero attached hydrogens (tertiary/aromatic N) is 2. The number of hydrogen-bond acceptors (Lipinski definition) is 5. The summed E-state index contributed by atoms with van der Waals surface area (Å²) in [5.41, 5.74) is 1.48. The van der Waals surface area contributed by atoms with E-state index in [1.54, 1.807) is 36.4 Å². The molecule has 0 atom stereocenters. The van der Waals surface area contributed by atoms with Gasteiger partial charge in [0.2, 0.25) is 0 Å². The fourth-order valence-corrected chi connectivity index (χ4v) is 3.74. The predicted octanol–water partition coefficient (Wildman–Crippen LogP) is 4.37. The van der Waals surface area contributed by atoms with Crippen LogP contribution in [0, 0.1) is 3.57 Å². The Labute approximate surface area is 174 Å². The van der Waals surface area contributed by atoms with Crippen LogP contribution >= 0.6 is 34.2 Å². The van der Waals surface area contributed by atoms with E-state index in [1.807, 2.05) is 12.1 Å². The van der Waals surface area contributed by atoms with Crippen molar-refractivity contribution in [3.8, 4) is 16.9 Å². The second kappa shape index (κ2) is 8.10. The minimum Gasteiger partial charge on any atom is -0.465 e. The molecule has 0 aliphatic heterocycles. The zero-order valence-electron chi connectivity index (χ0n) is 14.4. The van der Waals surface area contributed by atoms with Crippen LogP contribution in [0.2, 0.25) is 5.02 Å². The molecule has 6 nitrogen and oxygen atoms in total.